The first kappa shape index (κ1) is 27.4. The lowest BCUT2D eigenvalue weighted by atomic mass is 9.76. The Hall–Kier alpha value is -3.12. The molecule has 1 unspecified atom stereocenters. The molecule has 1 atom stereocenters. The van der Waals surface area contributed by atoms with Gasteiger partial charge in [0.25, 0.3) is 0 Å². The minimum Gasteiger partial charge on any atom is -0.444 e. The van der Waals surface area contributed by atoms with Crippen LogP contribution in [0.3, 0.4) is 0 Å². The summed E-state index contributed by atoms with van der Waals surface area (Å²) in [4.78, 5) is 24.0. The highest BCUT2D eigenvalue weighted by Crippen LogP contribution is 2.45. The summed E-state index contributed by atoms with van der Waals surface area (Å²) in [7, 11) is 0. The van der Waals surface area contributed by atoms with Crippen LogP contribution in [-0.2, 0) is 11.3 Å². The Bertz CT molecular complexity index is 1380. The van der Waals surface area contributed by atoms with Crippen molar-refractivity contribution in [2.24, 2.45) is 5.92 Å². The molecule has 1 aliphatic carbocycles. The molecule has 206 valence electrons. The molecule has 6 nitrogen and oxygen atoms in total. The number of rotatable bonds is 5. The lowest BCUT2D eigenvalue weighted by molar-refractivity contribution is 0.0178. The summed E-state index contributed by atoms with van der Waals surface area (Å²) >= 11 is 6.52. The zero-order chi connectivity index (χ0) is 27.7. The summed E-state index contributed by atoms with van der Waals surface area (Å²) in [5.41, 5.74) is 7.91. The minimum absolute atomic E-state index is 0.140. The number of benzene rings is 1. The predicted molar refractivity (Wildman–Crippen MR) is 157 cm³/mol. The zero-order valence-electron chi connectivity index (χ0n) is 23.7. The van der Waals surface area contributed by atoms with Crippen LogP contribution in [0.1, 0.15) is 86.1 Å². The number of piperidine rings is 1. The van der Waals surface area contributed by atoms with Crippen molar-refractivity contribution in [2.45, 2.75) is 78.4 Å². The standard InChI is InChI=1S/C32H39ClN4O2/c1-21-22(2)37(20-35-21)15-7-8-24-18-25-19-26(33)10-11-27(25)29(30-28(24)9-6-14-34-30)23-12-16-36(17-13-23)31(38)39-32(3,4)5/h6,9-11,14,18-20,23,29H,7-8,12-13,15-17H2,1-5H3. The third-order valence-electron chi connectivity index (χ3n) is 8.05. The Morgan fingerprint density at radius 2 is 1.90 bits per heavy atom. The molecule has 5 rings (SSSR count). The molecule has 0 radical (unpaired) electrons. The number of amides is 1. The van der Waals surface area contributed by atoms with E-state index >= 15 is 0 Å². The number of pyridine rings is 1. The second kappa shape index (κ2) is 11.2. The molecule has 1 fully saturated rings. The molecule has 0 N–H and O–H groups in total. The fraction of sp³-hybridized carbons (Fsp3) is 0.469. The third-order valence-corrected chi connectivity index (χ3v) is 8.28. The first-order chi connectivity index (χ1) is 18.6. The van der Waals surface area contributed by atoms with Crippen LogP contribution in [0.2, 0.25) is 5.02 Å². The van der Waals surface area contributed by atoms with E-state index < -0.39 is 5.60 Å². The molecule has 3 aromatic rings. The van der Waals surface area contributed by atoms with Gasteiger partial charge < -0.3 is 14.2 Å². The number of likely N-dealkylation sites (tertiary alicyclic amines) is 1. The topological polar surface area (TPSA) is 60.2 Å². The molecule has 1 amide bonds. The highest BCUT2D eigenvalue weighted by molar-refractivity contribution is 6.30. The van der Waals surface area contributed by atoms with Gasteiger partial charge in [-0.1, -0.05) is 29.8 Å². The first-order valence-corrected chi connectivity index (χ1v) is 14.4. The largest absolute Gasteiger partial charge is 0.444 e. The number of carbonyl (C=O) groups is 1. The van der Waals surface area contributed by atoms with E-state index in [1.54, 1.807) is 0 Å². The number of halogens is 1. The van der Waals surface area contributed by atoms with Crippen molar-refractivity contribution in [1.82, 2.24) is 19.4 Å². The fourth-order valence-corrected chi connectivity index (χ4v) is 6.12. The van der Waals surface area contributed by atoms with Crippen molar-refractivity contribution >= 4 is 29.3 Å². The summed E-state index contributed by atoms with van der Waals surface area (Å²) < 4.78 is 7.88. The molecule has 0 saturated carbocycles. The molecule has 39 heavy (non-hydrogen) atoms. The average Bonchev–Trinajstić information content (AvgIpc) is 3.14. The van der Waals surface area contributed by atoms with E-state index in [0.717, 1.165) is 48.6 Å². The molecule has 1 aromatic carbocycles. The van der Waals surface area contributed by atoms with E-state index in [1.807, 2.05) is 50.3 Å². The van der Waals surface area contributed by atoms with Crippen LogP contribution >= 0.6 is 11.6 Å². The number of ether oxygens (including phenoxy) is 1. The van der Waals surface area contributed by atoms with E-state index in [0.29, 0.717) is 19.0 Å². The Morgan fingerprint density at radius 3 is 2.59 bits per heavy atom. The van der Waals surface area contributed by atoms with Crippen molar-refractivity contribution in [2.75, 3.05) is 13.1 Å². The SMILES string of the molecule is Cc1ncn(CCCC2=Cc3cc(Cl)ccc3C(C3CCN(C(=O)OC(C)(C)C)CC3)c3ncccc32)c1C. The molecule has 7 heteroatoms. The number of fused-ring (bicyclic) bond motifs is 2. The van der Waals surface area contributed by atoms with Crippen LogP contribution in [0.5, 0.6) is 0 Å². The fourth-order valence-electron chi connectivity index (χ4n) is 5.94. The zero-order valence-corrected chi connectivity index (χ0v) is 24.5. The van der Waals surface area contributed by atoms with Crippen LogP contribution in [0.25, 0.3) is 11.6 Å². The van der Waals surface area contributed by atoms with Gasteiger partial charge in [-0.05, 0) is 107 Å². The van der Waals surface area contributed by atoms with Gasteiger partial charge in [-0.25, -0.2) is 9.78 Å². The molecule has 0 spiro atoms. The van der Waals surface area contributed by atoms with Crippen LogP contribution < -0.4 is 0 Å². The highest BCUT2D eigenvalue weighted by atomic mass is 35.5. The number of imidazole rings is 1. The monoisotopic (exact) mass is 546 g/mol. The smallest absolute Gasteiger partial charge is 0.410 e. The molecule has 0 bridgehead atoms. The molecule has 1 saturated heterocycles. The summed E-state index contributed by atoms with van der Waals surface area (Å²) in [6.07, 6.45) is 9.70. The lowest BCUT2D eigenvalue weighted by Gasteiger charge is -2.37. The van der Waals surface area contributed by atoms with Crippen LogP contribution in [0.15, 0.2) is 42.9 Å². The number of hydrogen-bond acceptors (Lipinski definition) is 4. The van der Waals surface area contributed by atoms with E-state index in [4.69, 9.17) is 21.3 Å². The van der Waals surface area contributed by atoms with Crippen molar-refractivity contribution < 1.29 is 9.53 Å². The summed E-state index contributed by atoms with van der Waals surface area (Å²) in [6, 6.07) is 10.5. The summed E-state index contributed by atoms with van der Waals surface area (Å²) in [5.74, 6) is 0.503. The first-order valence-electron chi connectivity index (χ1n) is 14.0. The van der Waals surface area contributed by atoms with Crippen molar-refractivity contribution in [3.63, 3.8) is 0 Å². The Labute approximate surface area is 237 Å². The molecular weight excluding hydrogens is 508 g/mol. The number of nitrogens with zero attached hydrogens (tertiary/aromatic N) is 4. The van der Waals surface area contributed by atoms with Gasteiger partial charge in [0.15, 0.2) is 0 Å². The maximum atomic E-state index is 12.7. The Balaban J connectivity index is 1.42. The van der Waals surface area contributed by atoms with Crippen LogP contribution in [0, 0.1) is 19.8 Å². The van der Waals surface area contributed by atoms with Crippen LogP contribution in [0.4, 0.5) is 4.79 Å². The van der Waals surface area contributed by atoms with E-state index in [9.17, 15) is 4.79 Å². The summed E-state index contributed by atoms with van der Waals surface area (Å²) in [5, 5.41) is 0.742. The second-order valence-corrected chi connectivity index (χ2v) is 12.3. The minimum atomic E-state index is -0.492. The molecular formula is C32H39ClN4O2. The summed E-state index contributed by atoms with van der Waals surface area (Å²) in [6.45, 7) is 12.2. The third kappa shape index (κ3) is 6.06. The van der Waals surface area contributed by atoms with Gasteiger partial charge in [-0.3, -0.25) is 4.98 Å². The Morgan fingerprint density at radius 1 is 1.13 bits per heavy atom. The molecule has 2 aromatic heterocycles. The number of aryl methyl sites for hydroxylation is 2. The molecule has 2 aliphatic rings. The molecule has 1 aliphatic heterocycles. The number of allylic oxidation sites excluding steroid dienone is 1. The Kier molecular flexibility index (Phi) is 7.86. The molecule has 3 heterocycles. The normalized spacial score (nSPS) is 17.7. The second-order valence-electron chi connectivity index (χ2n) is 11.9. The van der Waals surface area contributed by atoms with Crippen molar-refractivity contribution in [1.29, 1.82) is 0 Å². The van der Waals surface area contributed by atoms with E-state index in [-0.39, 0.29) is 12.0 Å². The predicted octanol–water partition coefficient (Wildman–Crippen LogP) is 7.66. The van der Waals surface area contributed by atoms with E-state index in [1.165, 1.54) is 28.0 Å². The van der Waals surface area contributed by atoms with Crippen LogP contribution in [-0.4, -0.2) is 44.2 Å². The number of hydrogen-bond donors (Lipinski definition) is 0. The van der Waals surface area contributed by atoms with E-state index in [2.05, 4.69) is 47.7 Å². The quantitative estimate of drug-likeness (QED) is 0.329. The van der Waals surface area contributed by atoms with Gasteiger partial charge in [0.2, 0.25) is 0 Å². The van der Waals surface area contributed by atoms with Gasteiger partial charge in [0.05, 0.1) is 17.7 Å². The van der Waals surface area contributed by atoms with Gasteiger partial charge in [0.1, 0.15) is 5.60 Å². The van der Waals surface area contributed by atoms with Gasteiger partial charge >= 0.3 is 6.09 Å². The number of aromatic nitrogens is 3. The van der Waals surface area contributed by atoms with Crippen molar-refractivity contribution in [3.05, 3.63) is 81.7 Å². The number of carbonyl (C=O) groups excluding carboxylic acids is 1. The maximum absolute atomic E-state index is 12.7. The van der Waals surface area contributed by atoms with Crippen molar-refractivity contribution in [3.8, 4) is 0 Å². The average molecular weight is 547 g/mol. The maximum Gasteiger partial charge on any atom is 0.410 e. The van der Waals surface area contributed by atoms with Gasteiger partial charge in [-0.2, -0.15) is 0 Å². The highest BCUT2D eigenvalue weighted by Gasteiger charge is 2.36. The van der Waals surface area contributed by atoms with Gasteiger partial charge in [0, 0.05) is 42.5 Å². The van der Waals surface area contributed by atoms with Gasteiger partial charge in [-0.15, -0.1) is 0 Å². The lowest BCUT2D eigenvalue weighted by Crippen LogP contribution is -2.42.